The number of pyridine rings is 1. The zero-order valence-corrected chi connectivity index (χ0v) is 17.1. The van der Waals surface area contributed by atoms with Gasteiger partial charge in [-0.3, -0.25) is 9.78 Å². The second-order valence-electron chi connectivity index (χ2n) is 7.34. The third-order valence-electron chi connectivity index (χ3n) is 5.25. The van der Waals surface area contributed by atoms with E-state index in [0.29, 0.717) is 11.1 Å². The lowest BCUT2D eigenvalue weighted by Crippen LogP contribution is -2.40. The molecule has 1 fully saturated rings. The topological polar surface area (TPSA) is 54.0 Å². The maximum absolute atomic E-state index is 13.5. The number of amides is 1. The summed E-state index contributed by atoms with van der Waals surface area (Å²) in [6, 6.07) is 11.9. The number of carbonyl (C=O) groups is 1. The molecule has 1 aromatic heterocycles. The van der Waals surface area contributed by atoms with E-state index in [2.05, 4.69) is 15.6 Å². The van der Waals surface area contributed by atoms with Crippen LogP contribution < -0.4 is 10.6 Å². The molecular formula is C22H20Cl2FN3O. The molecule has 7 heteroatoms. The quantitative estimate of drug-likeness (QED) is 0.545. The molecule has 3 aromatic rings. The summed E-state index contributed by atoms with van der Waals surface area (Å²) in [6.45, 7) is 0. The van der Waals surface area contributed by atoms with E-state index in [0.717, 1.165) is 42.3 Å². The molecule has 0 spiro atoms. The molecule has 0 unspecified atom stereocenters. The van der Waals surface area contributed by atoms with Crippen LogP contribution >= 0.6 is 23.2 Å². The highest BCUT2D eigenvalue weighted by atomic mass is 35.5. The normalized spacial score (nSPS) is 19.1. The number of carbonyl (C=O) groups excluding carboxylic acids is 1. The summed E-state index contributed by atoms with van der Waals surface area (Å²) in [5, 5.41) is 8.51. The molecule has 0 radical (unpaired) electrons. The van der Waals surface area contributed by atoms with Crippen LogP contribution in [0.3, 0.4) is 0 Å². The van der Waals surface area contributed by atoms with Gasteiger partial charge in [-0.05, 0) is 68.1 Å². The standard InChI is InChI=1S/C22H20Cl2FN3O/c23-14-1-6-19-20(7-8-26-21(19)12-14)27-17-2-4-18(5-3-17)28-22(29)13-9-15(24)11-16(25)10-13/h1,6-12,17-18H,2-5H2,(H,26,27)(H,28,29). The van der Waals surface area contributed by atoms with E-state index in [9.17, 15) is 9.18 Å². The number of hydrogen-bond donors (Lipinski definition) is 2. The summed E-state index contributed by atoms with van der Waals surface area (Å²) in [4.78, 5) is 16.8. The SMILES string of the molecule is O=C(NC1CCC(Nc2ccnc3cc(Cl)ccc23)CC1)c1cc(F)cc(Cl)c1. The first-order chi connectivity index (χ1) is 14.0. The Labute approximate surface area is 178 Å². The van der Waals surface area contributed by atoms with Crippen LogP contribution in [0.2, 0.25) is 10.0 Å². The zero-order valence-electron chi connectivity index (χ0n) is 15.6. The largest absolute Gasteiger partial charge is 0.382 e. The van der Waals surface area contributed by atoms with Crippen molar-refractivity contribution in [2.75, 3.05) is 5.32 Å². The fraction of sp³-hybridized carbons (Fsp3) is 0.273. The van der Waals surface area contributed by atoms with Crippen LogP contribution in [0.4, 0.5) is 10.1 Å². The van der Waals surface area contributed by atoms with Gasteiger partial charge >= 0.3 is 0 Å². The maximum Gasteiger partial charge on any atom is 0.251 e. The summed E-state index contributed by atoms with van der Waals surface area (Å²) in [5.74, 6) is -0.804. The minimum Gasteiger partial charge on any atom is -0.382 e. The van der Waals surface area contributed by atoms with Gasteiger partial charge in [0.2, 0.25) is 0 Å². The Balaban J connectivity index is 1.36. The third-order valence-corrected chi connectivity index (χ3v) is 5.70. The van der Waals surface area contributed by atoms with Crippen LogP contribution in [0.15, 0.2) is 48.7 Å². The van der Waals surface area contributed by atoms with Gasteiger partial charge in [0.1, 0.15) is 5.82 Å². The van der Waals surface area contributed by atoms with Crippen molar-refractivity contribution in [2.24, 2.45) is 0 Å². The molecule has 2 aromatic carbocycles. The van der Waals surface area contributed by atoms with E-state index in [1.165, 1.54) is 18.2 Å². The Kier molecular flexibility index (Phi) is 5.88. The number of hydrogen-bond acceptors (Lipinski definition) is 3. The van der Waals surface area contributed by atoms with E-state index in [4.69, 9.17) is 23.2 Å². The highest BCUT2D eigenvalue weighted by Crippen LogP contribution is 2.28. The van der Waals surface area contributed by atoms with E-state index >= 15 is 0 Å². The van der Waals surface area contributed by atoms with Crippen LogP contribution in [0.1, 0.15) is 36.0 Å². The number of rotatable bonds is 4. The first-order valence-electron chi connectivity index (χ1n) is 9.56. The van der Waals surface area contributed by atoms with Crippen molar-refractivity contribution >= 4 is 45.7 Å². The smallest absolute Gasteiger partial charge is 0.251 e. The highest BCUT2D eigenvalue weighted by Gasteiger charge is 2.23. The molecule has 1 aliphatic carbocycles. The van der Waals surface area contributed by atoms with E-state index in [1.807, 2.05) is 24.3 Å². The number of halogens is 3. The minimum absolute atomic E-state index is 0.0654. The van der Waals surface area contributed by atoms with Gasteiger partial charge in [0.25, 0.3) is 5.91 Å². The molecule has 2 N–H and O–H groups in total. The van der Waals surface area contributed by atoms with E-state index in [1.54, 1.807) is 6.20 Å². The van der Waals surface area contributed by atoms with Gasteiger partial charge < -0.3 is 10.6 Å². The van der Waals surface area contributed by atoms with Crippen LogP contribution in [-0.4, -0.2) is 23.0 Å². The van der Waals surface area contributed by atoms with Crippen molar-refractivity contribution in [3.05, 3.63) is 70.1 Å². The van der Waals surface area contributed by atoms with Gasteiger partial charge in [-0.2, -0.15) is 0 Å². The van der Waals surface area contributed by atoms with Crippen LogP contribution in [0, 0.1) is 5.82 Å². The van der Waals surface area contributed by atoms with E-state index in [-0.39, 0.29) is 22.5 Å². The lowest BCUT2D eigenvalue weighted by molar-refractivity contribution is 0.0926. The first-order valence-corrected chi connectivity index (χ1v) is 10.3. The molecule has 0 aliphatic heterocycles. The molecule has 0 atom stereocenters. The molecule has 150 valence electrons. The summed E-state index contributed by atoms with van der Waals surface area (Å²) >= 11 is 11.9. The van der Waals surface area contributed by atoms with Crippen LogP contribution in [0.25, 0.3) is 10.9 Å². The Morgan fingerprint density at radius 2 is 1.72 bits per heavy atom. The highest BCUT2D eigenvalue weighted by molar-refractivity contribution is 6.31. The number of benzene rings is 2. The fourth-order valence-corrected chi connectivity index (χ4v) is 4.19. The molecule has 1 aliphatic rings. The Morgan fingerprint density at radius 1 is 0.966 bits per heavy atom. The summed E-state index contributed by atoms with van der Waals surface area (Å²) in [5.41, 5.74) is 2.14. The Bertz CT molecular complexity index is 1030. The van der Waals surface area contributed by atoms with Crippen molar-refractivity contribution in [1.29, 1.82) is 0 Å². The first kappa shape index (κ1) is 19.9. The van der Waals surface area contributed by atoms with Gasteiger partial charge in [-0.15, -0.1) is 0 Å². The molecule has 0 saturated heterocycles. The third kappa shape index (κ3) is 4.80. The minimum atomic E-state index is -0.513. The molecule has 1 heterocycles. The molecule has 0 bridgehead atoms. The Morgan fingerprint density at radius 3 is 2.48 bits per heavy atom. The van der Waals surface area contributed by atoms with Crippen molar-refractivity contribution < 1.29 is 9.18 Å². The molecule has 1 amide bonds. The molecule has 4 nitrogen and oxygen atoms in total. The maximum atomic E-state index is 13.5. The van der Waals surface area contributed by atoms with Gasteiger partial charge in [0.15, 0.2) is 0 Å². The molecule has 29 heavy (non-hydrogen) atoms. The summed E-state index contributed by atoms with van der Waals surface area (Å²) < 4.78 is 13.5. The van der Waals surface area contributed by atoms with Crippen LogP contribution in [0.5, 0.6) is 0 Å². The number of anilines is 1. The second kappa shape index (κ2) is 8.56. The lowest BCUT2D eigenvalue weighted by Gasteiger charge is -2.30. The monoisotopic (exact) mass is 431 g/mol. The zero-order chi connectivity index (χ0) is 20.4. The molecule has 1 saturated carbocycles. The average Bonchev–Trinajstić information content (AvgIpc) is 2.68. The van der Waals surface area contributed by atoms with Gasteiger partial charge in [-0.1, -0.05) is 23.2 Å². The summed E-state index contributed by atoms with van der Waals surface area (Å²) in [6.07, 6.45) is 5.32. The Hall–Kier alpha value is -2.37. The van der Waals surface area contributed by atoms with E-state index < -0.39 is 5.82 Å². The number of aromatic nitrogens is 1. The van der Waals surface area contributed by atoms with Crippen LogP contribution in [-0.2, 0) is 0 Å². The van der Waals surface area contributed by atoms with Crippen molar-refractivity contribution in [3.63, 3.8) is 0 Å². The number of fused-ring (bicyclic) bond motifs is 1. The number of nitrogens with one attached hydrogen (secondary N) is 2. The van der Waals surface area contributed by atoms with Crippen molar-refractivity contribution in [1.82, 2.24) is 10.3 Å². The summed E-state index contributed by atoms with van der Waals surface area (Å²) in [7, 11) is 0. The van der Waals surface area contributed by atoms with Crippen molar-refractivity contribution in [3.8, 4) is 0 Å². The average molecular weight is 432 g/mol. The van der Waals surface area contributed by atoms with Gasteiger partial charge in [0.05, 0.1) is 5.52 Å². The molecular weight excluding hydrogens is 412 g/mol. The van der Waals surface area contributed by atoms with Gasteiger partial charge in [0, 0.05) is 45.0 Å². The van der Waals surface area contributed by atoms with Crippen molar-refractivity contribution in [2.45, 2.75) is 37.8 Å². The molecule has 4 rings (SSSR count). The lowest BCUT2D eigenvalue weighted by atomic mass is 9.90. The number of nitrogens with zero attached hydrogens (tertiary/aromatic N) is 1. The fourth-order valence-electron chi connectivity index (χ4n) is 3.80. The predicted octanol–water partition coefficient (Wildman–Crippen LogP) is 5.83. The van der Waals surface area contributed by atoms with Gasteiger partial charge in [-0.25, -0.2) is 4.39 Å². The second-order valence-corrected chi connectivity index (χ2v) is 8.22. The predicted molar refractivity (Wildman–Crippen MR) is 115 cm³/mol.